The number of carbonyl (C=O) groups is 2. The second kappa shape index (κ2) is 7.97. The molecule has 1 atom stereocenters. The number of nitrogens with one attached hydrogen (secondary N) is 1. The van der Waals surface area contributed by atoms with Crippen molar-refractivity contribution >= 4 is 44.6 Å². The highest BCUT2D eigenvalue weighted by Gasteiger charge is 2.19. The van der Waals surface area contributed by atoms with Gasteiger partial charge in [0.1, 0.15) is 4.83 Å². The minimum atomic E-state index is -0.701. The number of thiophene rings is 2. The Morgan fingerprint density at radius 2 is 1.86 bits per heavy atom. The van der Waals surface area contributed by atoms with Gasteiger partial charge in [0.2, 0.25) is 0 Å². The van der Waals surface area contributed by atoms with Crippen molar-refractivity contribution in [3.63, 3.8) is 0 Å². The molecule has 0 bridgehead atoms. The van der Waals surface area contributed by atoms with Gasteiger partial charge < -0.3 is 9.72 Å². The van der Waals surface area contributed by atoms with Gasteiger partial charge in [-0.1, -0.05) is 0 Å². The Morgan fingerprint density at radius 1 is 1.14 bits per heavy atom. The van der Waals surface area contributed by atoms with Crippen LogP contribution in [0.15, 0.2) is 10.9 Å². The summed E-state index contributed by atoms with van der Waals surface area (Å²) in [5.41, 5.74) is 1.36. The van der Waals surface area contributed by atoms with Gasteiger partial charge in [-0.15, -0.1) is 22.7 Å². The van der Waals surface area contributed by atoms with E-state index < -0.39 is 12.1 Å². The predicted molar refractivity (Wildman–Crippen MR) is 112 cm³/mol. The van der Waals surface area contributed by atoms with E-state index in [4.69, 9.17) is 4.74 Å². The van der Waals surface area contributed by atoms with Gasteiger partial charge >= 0.3 is 5.97 Å². The predicted octanol–water partition coefficient (Wildman–Crippen LogP) is 4.55. The number of nitrogens with zero attached hydrogens (tertiary/aromatic N) is 1. The monoisotopic (exact) mass is 418 g/mol. The van der Waals surface area contributed by atoms with E-state index in [-0.39, 0.29) is 24.2 Å². The molecule has 28 heavy (non-hydrogen) atoms. The molecule has 0 amide bonds. The Balaban J connectivity index is 1.66. The Labute approximate surface area is 170 Å². The first kappa shape index (κ1) is 20.4. The molecule has 0 aliphatic carbocycles. The zero-order valence-electron chi connectivity index (χ0n) is 16.5. The molecule has 3 aromatic rings. The molecule has 3 rings (SSSR count). The van der Waals surface area contributed by atoms with E-state index in [0.717, 1.165) is 20.2 Å². The highest BCUT2D eigenvalue weighted by molar-refractivity contribution is 7.18. The maximum Gasteiger partial charge on any atom is 0.306 e. The van der Waals surface area contributed by atoms with Crippen molar-refractivity contribution < 1.29 is 14.3 Å². The Kier molecular flexibility index (Phi) is 5.81. The molecule has 0 fully saturated rings. The Bertz CT molecular complexity index is 1120. The molecule has 0 saturated carbocycles. The number of aryl methyl sites for hydroxylation is 4. The second-order valence-electron chi connectivity index (χ2n) is 6.80. The molecule has 1 N–H and O–H groups in total. The van der Waals surface area contributed by atoms with Crippen LogP contribution in [0.3, 0.4) is 0 Å². The Hall–Kier alpha value is -2.32. The maximum atomic E-state index is 12.4. The van der Waals surface area contributed by atoms with Gasteiger partial charge in [-0.2, -0.15) is 0 Å². The molecular formula is C20H22N2O4S2. The number of hydrogen-bond donors (Lipinski definition) is 1. The van der Waals surface area contributed by atoms with Crippen molar-refractivity contribution in [1.82, 2.24) is 9.97 Å². The SMILES string of the molecule is Cc1cc(C(=O)CCC(=O)O[C@H](C)c2nc3sc(C)c(C)c3c(=O)[nH]2)c(C)s1. The van der Waals surface area contributed by atoms with Crippen LogP contribution in [0.5, 0.6) is 0 Å². The smallest absolute Gasteiger partial charge is 0.306 e. The van der Waals surface area contributed by atoms with Crippen molar-refractivity contribution in [2.75, 3.05) is 0 Å². The van der Waals surface area contributed by atoms with Gasteiger partial charge in [-0.3, -0.25) is 14.4 Å². The van der Waals surface area contributed by atoms with Gasteiger partial charge in [0.05, 0.1) is 11.8 Å². The molecule has 0 aromatic carbocycles. The lowest BCUT2D eigenvalue weighted by Gasteiger charge is -2.12. The fraction of sp³-hybridized carbons (Fsp3) is 0.400. The molecule has 0 radical (unpaired) electrons. The van der Waals surface area contributed by atoms with Crippen LogP contribution in [0.1, 0.15) is 62.2 Å². The molecule has 6 nitrogen and oxygen atoms in total. The first-order chi connectivity index (χ1) is 13.2. The third-order valence-electron chi connectivity index (χ3n) is 4.65. The molecule has 0 aliphatic rings. The Morgan fingerprint density at radius 3 is 2.50 bits per heavy atom. The van der Waals surface area contributed by atoms with Gasteiger partial charge in [-0.05, 0) is 46.2 Å². The van der Waals surface area contributed by atoms with E-state index >= 15 is 0 Å². The van der Waals surface area contributed by atoms with Gasteiger partial charge in [-0.25, -0.2) is 4.98 Å². The van der Waals surface area contributed by atoms with Gasteiger partial charge in [0.15, 0.2) is 17.7 Å². The second-order valence-corrected chi connectivity index (χ2v) is 9.46. The summed E-state index contributed by atoms with van der Waals surface area (Å²) in [6.45, 7) is 9.34. The number of Topliss-reactive ketones (excluding diaryl/α,β-unsaturated/α-hetero) is 1. The lowest BCUT2D eigenvalue weighted by Crippen LogP contribution is -2.17. The van der Waals surface area contributed by atoms with Crippen LogP contribution in [0.25, 0.3) is 10.2 Å². The van der Waals surface area contributed by atoms with Crippen LogP contribution in [0.2, 0.25) is 0 Å². The molecule has 0 unspecified atom stereocenters. The summed E-state index contributed by atoms with van der Waals surface area (Å²) in [6, 6.07) is 1.85. The van der Waals surface area contributed by atoms with Gasteiger partial charge in [0, 0.05) is 26.6 Å². The standard InChI is InChI=1S/C20H22N2O4S2/c1-9-8-14(13(5)27-9)15(23)6-7-16(24)26-11(3)18-21-19(25)17-10(2)12(4)28-20(17)22-18/h8,11H,6-7H2,1-5H3,(H,21,22,25)/t11-/m1/s1. The van der Waals surface area contributed by atoms with Crippen molar-refractivity contribution in [3.8, 4) is 0 Å². The van der Waals surface area contributed by atoms with Crippen molar-refractivity contribution in [2.45, 2.75) is 53.6 Å². The molecule has 3 heterocycles. The quantitative estimate of drug-likeness (QED) is 0.469. The number of carbonyl (C=O) groups excluding carboxylic acids is 2. The van der Waals surface area contributed by atoms with E-state index in [2.05, 4.69) is 9.97 Å². The van der Waals surface area contributed by atoms with Crippen LogP contribution in [0.4, 0.5) is 0 Å². The molecular weight excluding hydrogens is 396 g/mol. The van der Waals surface area contributed by atoms with E-state index in [1.54, 1.807) is 18.3 Å². The van der Waals surface area contributed by atoms with Crippen LogP contribution in [0, 0.1) is 27.7 Å². The number of fused-ring (bicyclic) bond motifs is 1. The van der Waals surface area contributed by atoms with E-state index in [9.17, 15) is 14.4 Å². The van der Waals surface area contributed by atoms with Crippen molar-refractivity contribution in [2.24, 2.45) is 0 Å². The lowest BCUT2D eigenvalue weighted by atomic mass is 10.1. The summed E-state index contributed by atoms with van der Waals surface area (Å²) >= 11 is 3.01. The summed E-state index contributed by atoms with van der Waals surface area (Å²) in [5, 5.41) is 0.580. The number of hydrogen-bond acceptors (Lipinski definition) is 7. The summed E-state index contributed by atoms with van der Waals surface area (Å²) < 4.78 is 5.38. The number of esters is 1. The molecule has 0 saturated heterocycles. The number of ketones is 1. The molecule has 8 heteroatoms. The normalized spacial score (nSPS) is 12.3. The minimum Gasteiger partial charge on any atom is -0.454 e. The third-order valence-corrected chi connectivity index (χ3v) is 6.72. The van der Waals surface area contributed by atoms with Crippen LogP contribution in [-0.4, -0.2) is 21.7 Å². The number of ether oxygens (including phenoxy) is 1. The summed E-state index contributed by atoms with van der Waals surface area (Å²) in [7, 11) is 0. The molecule has 3 aromatic heterocycles. The lowest BCUT2D eigenvalue weighted by molar-refractivity contribution is -0.148. The number of aromatic nitrogens is 2. The van der Waals surface area contributed by atoms with Crippen LogP contribution >= 0.6 is 22.7 Å². The van der Waals surface area contributed by atoms with Gasteiger partial charge in [0.25, 0.3) is 5.56 Å². The van der Waals surface area contributed by atoms with Crippen LogP contribution in [-0.2, 0) is 9.53 Å². The van der Waals surface area contributed by atoms with E-state index in [1.165, 1.54) is 11.3 Å². The summed E-state index contributed by atoms with van der Waals surface area (Å²) in [6.07, 6.45) is -0.622. The molecule has 0 spiro atoms. The zero-order valence-corrected chi connectivity index (χ0v) is 18.1. The van der Waals surface area contributed by atoms with E-state index in [0.29, 0.717) is 21.6 Å². The average Bonchev–Trinajstić information content (AvgIpc) is 3.11. The first-order valence-corrected chi connectivity index (χ1v) is 10.6. The summed E-state index contributed by atoms with van der Waals surface area (Å²) in [5.74, 6) is -0.251. The third kappa shape index (κ3) is 4.07. The average molecular weight is 419 g/mol. The molecule has 0 aliphatic heterocycles. The van der Waals surface area contributed by atoms with E-state index in [1.807, 2.05) is 33.8 Å². The number of H-pyrrole nitrogens is 1. The fourth-order valence-corrected chi connectivity index (χ4v) is 5.01. The highest BCUT2D eigenvalue weighted by atomic mass is 32.1. The number of aromatic amines is 1. The molecule has 148 valence electrons. The minimum absolute atomic E-state index is 0.0127. The van der Waals surface area contributed by atoms with Crippen molar-refractivity contribution in [3.05, 3.63) is 48.0 Å². The summed E-state index contributed by atoms with van der Waals surface area (Å²) in [4.78, 5) is 47.7. The van der Waals surface area contributed by atoms with Crippen molar-refractivity contribution in [1.29, 1.82) is 0 Å². The topological polar surface area (TPSA) is 89.1 Å². The zero-order chi connectivity index (χ0) is 20.6. The largest absolute Gasteiger partial charge is 0.454 e. The first-order valence-electron chi connectivity index (χ1n) is 8.97. The fourth-order valence-electron chi connectivity index (χ4n) is 3.03. The van der Waals surface area contributed by atoms with Crippen LogP contribution < -0.4 is 5.56 Å². The highest BCUT2D eigenvalue weighted by Crippen LogP contribution is 2.27. The maximum absolute atomic E-state index is 12.4. The number of rotatable bonds is 6.